The standard InChI is InChI=1S/C25H42N4O2/c1-19-3-7-27(8-4-19)6-2-5-26-24(31)29-11-9-28(10-12-29)23(30)25-16-20-13-21(17-25)15-22(14-20)18-25/h19-22H,2-18H2,1H3,(H,26,31). The highest BCUT2D eigenvalue weighted by atomic mass is 16.2. The molecule has 2 aliphatic heterocycles. The Labute approximate surface area is 188 Å². The first-order valence-corrected chi connectivity index (χ1v) is 13.1. The van der Waals surface area contributed by atoms with Crippen LogP contribution in [-0.4, -0.2) is 79.0 Å². The van der Waals surface area contributed by atoms with Crippen molar-refractivity contribution in [1.29, 1.82) is 0 Å². The molecule has 6 rings (SSSR count). The first-order chi connectivity index (χ1) is 15.0. The van der Waals surface area contributed by atoms with Gasteiger partial charge in [0.15, 0.2) is 0 Å². The van der Waals surface area contributed by atoms with E-state index in [0.29, 0.717) is 32.1 Å². The molecule has 4 aliphatic carbocycles. The summed E-state index contributed by atoms with van der Waals surface area (Å²) in [6.07, 6.45) is 11.1. The van der Waals surface area contributed by atoms with Gasteiger partial charge >= 0.3 is 6.03 Å². The first kappa shape index (κ1) is 21.5. The number of hydrogen-bond donors (Lipinski definition) is 1. The van der Waals surface area contributed by atoms with Gasteiger partial charge in [-0.1, -0.05) is 6.92 Å². The Morgan fingerprint density at radius 3 is 1.97 bits per heavy atom. The number of carbonyl (C=O) groups is 2. The van der Waals surface area contributed by atoms with Gasteiger partial charge in [0.1, 0.15) is 0 Å². The molecule has 0 unspecified atom stereocenters. The molecule has 6 aliphatic rings. The van der Waals surface area contributed by atoms with Crippen LogP contribution in [0.25, 0.3) is 0 Å². The Hall–Kier alpha value is -1.30. The van der Waals surface area contributed by atoms with Crippen LogP contribution in [0.15, 0.2) is 0 Å². The molecular formula is C25H42N4O2. The molecular weight excluding hydrogens is 388 g/mol. The SMILES string of the molecule is CC1CCN(CCCNC(=O)N2CCN(C(=O)C34CC5CC(CC(C5)C3)C4)CC2)CC1. The van der Waals surface area contributed by atoms with E-state index < -0.39 is 0 Å². The van der Waals surface area contributed by atoms with E-state index in [1.54, 1.807) is 0 Å². The largest absolute Gasteiger partial charge is 0.339 e. The van der Waals surface area contributed by atoms with Crippen molar-refractivity contribution >= 4 is 11.9 Å². The minimum absolute atomic E-state index is 0.0502. The summed E-state index contributed by atoms with van der Waals surface area (Å²) in [5.41, 5.74) is -0.0502. The molecule has 2 saturated heterocycles. The number of piperidine rings is 1. The molecule has 6 heteroatoms. The summed E-state index contributed by atoms with van der Waals surface area (Å²) in [7, 11) is 0. The van der Waals surface area contributed by atoms with Gasteiger partial charge in [0.2, 0.25) is 5.91 Å². The van der Waals surface area contributed by atoms with Gasteiger partial charge in [-0.05, 0) is 101 Å². The summed E-state index contributed by atoms with van der Waals surface area (Å²) < 4.78 is 0. The molecule has 31 heavy (non-hydrogen) atoms. The average molecular weight is 431 g/mol. The van der Waals surface area contributed by atoms with E-state index in [2.05, 4.69) is 22.0 Å². The Kier molecular flexibility index (Phi) is 6.19. The normalized spacial score (nSPS) is 36.1. The van der Waals surface area contributed by atoms with Gasteiger partial charge in [0.25, 0.3) is 0 Å². The topological polar surface area (TPSA) is 55.9 Å². The van der Waals surface area contributed by atoms with Crippen LogP contribution in [0.2, 0.25) is 0 Å². The fourth-order valence-electron chi connectivity index (χ4n) is 7.72. The zero-order valence-electron chi connectivity index (χ0n) is 19.5. The number of amides is 3. The predicted octanol–water partition coefficient (Wildman–Crippen LogP) is 3.18. The van der Waals surface area contributed by atoms with E-state index in [-0.39, 0.29) is 11.4 Å². The third-order valence-corrected chi connectivity index (χ3v) is 9.15. The van der Waals surface area contributed by atoms with Crippen molar-refractivity contribution in [2.45, 2.75) is 64.7 Å². The number of hydrogen-bond acceptors (Lipinski definition) is 3. The van der Waals surface area contributed by atoms with Crippen molar-refractivity contribution in [2.75, 3.05) is 52.4 Å². The van der Waals surface area contributed by atoms with Crippen LogP contribution in [0.4, 0.5) is 4.79 Å². The zero-order chi connectivity index (χ0) is 21.4. The lowest BCUT2D eigenvalue weighted by Crippen LogP contribution is -2.59. The maximum atomic E-state index is 13.5. The quantitative estimate of drug-likeness (QED) is 0.682. The van der Waals surface area contributed by atoms with Gasteiger partial charge < -0.3 is 20.0 Å². The number of carbonyl (C=O) groups excluding carboxylic acids is 2. The highest BCUT2D eigenvalue weighted by Gasteiger charge is 2.55. The molecule has 0 aromatic heterocycles. The number of piperazine rings is 1. The molecule has 2 heterocycles. The molecule has 4 bridgehead atoms. The monoisotopic (exact) mass is 430 g/mol. The van der Waals surface area contributed by atoms with Crippen molar-refractivity contribution in [2.24, 2.45) is 29.1 Å². The minimum Gasteiger partial charge on any atom is -0.339 e. The van der Waals surface area contributed by atoms with E-state index in [1.807, 2.05) is 4.90 Å². The van der Waals surface area contributed by atoms with Gasteiger partial charge in [-0.15, -0.1) is 0 Å². The predicted molar refractivity (Wildman–Crippen MR) is 122 cm³/mol. The van der Waals surface area contributed by atoms with Gasteiger partial charge in [-0.3, -0.25) is 4.79 Å². The molecule has 0 aromatic rings. The average Bonchev–Trinajstić information content (AvgIpc) is 2.76. The Morgan fingerprint density at radius 1 is 0.839 bits per heavy atom. The summed E-state index contributed by atoms with van der Waals surface area (Å²) in [4.78, 5) is 32.6. The van der Waals surface area contributed by atoms with Crippen LogP contribution in [0.3, 0.4) is 0 Å². The third-order valence-electron chi connectivity index (χ3n) is 9.15. The highest BCUT2D eigenvalue weighted by molar-refractivity contribution is 5.84. The van der Waals surface area contributed by atoms with E-state index >= 15 is 0 Å². The highest BCUT2D eigenvalue weighted by Crippen LogP contribution is 2.60. The number of rotatable bonds is 5. The van der Waals surface area contributed by atoms with Crippen molar-refractivity contribution in [3.05, 3.63) is 0 Å². The van der Waals surface area contributed by atoms with Gasteiger partial charge in [-0.2, -0.15) is 0 Å². The molecule has 6 fully saturated rings. The number of nitrogens with zero attached hydrogens (tertiary/aromatic N) is 3. The molecule has 174 valence electrons. The van der Waals surface area contributed by atoms with Crippen LogP contribution in [-0.2, 0) is 4.79 Å². The molecule has 0 aromatic carbocycles. The minimum atomic E-state index is -0.0502. The lowest BCUT2D eigenvalue weighted by Gasteiger charge is -2.57. The van der Waals surface area contributed by atoms with Crippen LogP contribution < -0.4 is 5.32 Å². The molecule has 1 N–H and O–H groups in total. The number of nitrogens with one attached hydrogen (secondary N) is 1. The summed E-state index contributed by atoms with van der Waals surface area (Å²) in [6, 6.07) is 0.0502. The Morgan fingerprint density at radius 2 is 1.39 bits per heavy atom. The van der Waals surface area contributed by atoms with Crippen LogP contribution in [0.5, 0.6) is 0 Å². The van der Waals surface area contributed by atoms with E-state index in [1.165, 1.54) is 45.2 Å². The number of urea groups is 1. The van der Waals surface area contributed by atoms with Crippen LogP contribution >= 0.6 is 0 Å². The summed E-state index contributed by atoms with van der Waals surface area (Å²) in [5.74, 6) is 3.69. The van der Waals surface area contributed by atoms with Crippen LogP contribution in [0, 0.1) is 29.1 Å². The maximum absolute atomic E-state index is 13.5. The summed E-state index contributed by atoms with van der Waals surface area (Å²) >= 11 is 0. The third kappa shape index (κ3) is 4.60. The first-order valence-electron chi connectivity index (χ1n) is 13.1. The van der Waals surface area contributed by atoms with Gasteiger partial charge in [-0.25, -0.2) is 4.79 Å². The fraction of sp³-hybridized carbons (Fsp3) is 0.920. The second-order valence-corrected chi connectivity index (χ2v) is 11.6. The zero-order valence-corrected chi connectivity index (χ0v) is 19.5. The Balaban J connectivity index is 1.03. The molecule has 0 spiro atoms. The number of likely N-dealkylation sites (tertiary alicyclic amines) is 1. The van der Waals surface area contributed by atoms with Crippen molar-refractivity contribution in [1.82, 2.24) is 20.0 Å². The summed E-state index contributed by atoms with van der Waals surface area (Å²) in [6.45, 7) is 9.34. The van der Waals surface area contributed by atoms with Crippen molar-refractivity contribution < 1.29 is 9.59 Å². The lowest BCUT2D eigenvalue weighted by molar-refractivity contribution is -0.159. The van der Waals surface area contributed by atoms with E-state index in [4.69, 9.17) is 0 Å². The second-order valence-electron chi connectivity index (χ2n) is 11.6. The molecule has 0 radical (unpaired) electrons. The smallest absolute Gasteiger partial charge is 0.317 e. The Bertz CT molecular complexity index is 629. The fourth-order valence-corrected chi connectivity index (χ4v) is 7.72. The molecule has 3 amide bonds. The summed E-state index contributed by atoms with van der Waals surface area (Å²) in [5, 5.41) is 3.11. The van der Waals surface area contributed by atoms with Crippen LogP contribution in [0.1, 0.15) is 64.7 Å². The second kappa shape index (κ2) is 8.92. The van der Waals surface area contributed by atoms with E-state index in [9.17, 15) is 9.59 Å². The van der Waals surface area contributed by atoms with Crippen molar-refractivity contribution in [3.8, 4) is 0 Å². The van der Waals surface area contributed by atoms with Gasteiger partial charge in [0.05, 0.1) is 5.41 Å². The van der Waals surface area contributed by atoms with Gasteiger partial charge in [0, 0.05) is 32.7 Å². The van der Waals surface area contributed by atoms with Crippen molar-refractivity contribution in [3.63, 3.8) is 0 Å². The van der Waals surface area contributed by atoms with E-state index in [0.717, 1.165) is 62.4 Å². The molecule has 0 atom stereocenters. The maximum Gasteiger partial charge on any atom is 0.317 e. The molecule has 6 nitrogen and oxygen atoms in total. The molecule has 4 saturated carbocycles. The lowest BCUT2D eigenvalue weighted by atomic mass is 9.49.